The molecule has 0 aliphatic carbocycles. The minimum atomic E-state index is 0.928. The van der Waals surface area contributed by atoms with Crippen LogP contribution in [0.2, 0.25) is 0 Å². The van der Waals surface area contributed by atoms with Gasteiger partial charge in [0.25, 0.3) is 0 Å². The summed E-state index contributed by atoms with van der Waals surface area (Å²) in [7, 11) is 0. The molecule has 2 nitrogen and oxygen atoms in total. The standard InChI is InChI=1S/C17H26N2/c1-2-15-12-18(13-15)14-16-8-10-19(11-9-16)17-6-4-3-5-7-17/h3-7,15-16H,2,8-14H2,1H3. The molecular formula is C17H26N2. The van der Waals surface area contributed by atoms with Gasteiger partial charge in [-0.15, -0.1) is 0 Å². The summed E-state index contributed by atoms with van der Waals surface area (Å²) < 4.78 is 0. The zero-order valence-electron chi connectivity index (χ0n) is 12.1. The van der Waals surface area contributed by atoms with Crippen LogP contribution in [0.5, 0.6) is 0 Å². The van der Waals surface area contributed by atoms with Gasteiger partial charge in [0.05, 0.1) is 0 Å². The number of likely N-dealkylation sites (tertiary alicyclic amines) is 1. The Morgan fingerprint density at radius 2 is 1.68 bits per heavy atom. The van der Waals surface area contributed by atoms with Crippen LogP contribution in [-0.2, 0) is 0 Å². The zero-order chi connectivity index (χ0) is 13.1. The second kappa shape index (κ2) is 5.96. The van der Waals surface area contributed by atoms with E-state index in [2.05, 4.69) is 47.1 Å². The summed E-state index contributed by atoms with van der Waals surface area (Å²) in [5.74, 6) is 1.92. The van der Waals surface area contributed by atoms with Crippen LogP contribution in [0.4, 0.5) is 5.69 Å². The first-order chi connectivity index (χ1) is 9.35. The average Bonchev–Trinajstić information content (AvgIpc) is 2.44. The fourth-order valence-electron chi connectivity index (χ4n) is 3.46. The van der Waals surface area contributed by atoms with Gasteiger partial charge in [-0.2, -0.15) is 0 Å². The van der Waals surface area contributed by atoms with E-state index in [0.29, 0.717) is 0 Å². The van der Waals surface area contributed by atoms with Gasteiger partial charge in [-0.1, -0.05) is 31.5 Å². The molecule has 0 aromatic heterocycles. The molecule has 2 fully saturated rings. The first kappa shape index (κ1) is 13.0. The zero-order valence-corrected chi connectivity index (χ0v) is 12.1. The van der Waals surface area contributed by atoms with Gasteiger partial charge in [-0.05, 0) is 36.8 Å². The lowest BCUT2D eigenvalue weighted by Gasteiger charge is -2.43. The van der Waals surface area contributed by atoms with E-state index in [1.165, 1.54) is 57.7 Å². The van der Waals surface area contributed by atoms with Crippen molar-refractivity contribution in [1.29, 1.82) is 0 Å². The van der Waals surface area contributed by atoms with Crippen LogP contribution in [0, 0.1) is 11.8 Å². The molecule has 2 saturated heterocycles. The average molecular weight is 258 g/mol. The predicted octanol–water partition coefficient (Wildman–Crippen LogP) is 3.24. The second-order valence-electron chi connectivity index (χ2n) is 6.26. The summed E-state index contributed by atoms with van der Waals surface area (Å²) in [6.45, 7) is 8.85. The highest BCUT2D eigenvalue weighted by Gasteiger charge is 2.28. The first-order valence-corrected chi connectivity index (χ1v) is 7.87. The van der Waals surface area contributed by atoms with Gasteiger partial charge in [-0.25, -0.2) is 0 Å². The van der Waals surface area contributed by atoms with Crippen molar-refractivity contribution in [3.05, 3.63) is 30.3 Å². The third-order valence-electron chi connectivity index (χ3n) is 4.86. The highest BCUT2D eigenvalue weighted by atomic mass is 15.2. The normalized spacial score (nSPS) is 22.5. The molecule has 19 heavy (non-hydrogen) atoms. The minimum Gasteiger partial charge on any atom is -0.372 e. The van der Waals surface area contributed by atoms with Crippen LogP contribution >= 0.6 is 0 Å². The van der Waals surface area contributed by atoms with Crippen molar-refractivity contribution in [2.75, 3.05) is 37.6 Å². The molecule has 0 spiro atoms. The number of hydrogen-bond donors (Lipinski definition) is 0. The maximum atomic E-state index is 2.66. The maximum absolute atomic E-state index is 2.66. The topological polar surface area (TPSA) is 6.48 Å². The van der Waals surface area contributed by atoms with Gasteiger partial charge in [0, 0.05) is 38.4 Å². The van der Waals surface area contributed by atoms with Gasteiger partial charge in [0.2, 0.25) is 0 Å². The molecule has 3 rings (SSSR count). The summed E-state index contributed by atoms with van der Waals surface area (Å²) in [6.07, 6.45) is 4.09. The summed E-state index contributed by atoms with van der Waals surface area (Å²) in [5.41, 5.74) is 1.40. The van der Waals surface area contributed by atoms with E-state index in [4.69, 9.17) is 0 Å². The SMILES string of the molecule is CCC1CN(CC2CCN(c3ccccc3)CC2)C1. The molecule has 1 aromatic rings. The number of nitrogens with zero attached hydrogens (tertiary/aromatic N) is 2. The molecule has 0 unspecified atom stereocenters. The van der Waals surface area contributed by atoms with E-state index in [1.54, 1.807) is 0 Å². The van der Waals surface area contributed by atoms with E-state index >= 15 is 0 Å². The van der Waals surface area contributed by atoms with E-state index < -0.39 is 0 Å². The van der Waals surface area contributed by atoms with E-state index in [-0.39, 0.29) is 0 Å². The van der Waals surface area contributed by atoms with E-state index in [9.17, 15) is 0 Å². The van der Waals surface area contributed by atoms with Crippen LogP contribution < -0.4 is 4.90 Å². The fraction of sp³-hybridized carbons (Fsp3) is 0.647. The number of rotatable bonds is 4. The monoisotopic (exact) mass is 258 g/mol. The smallest absolute Gasteiger partial charge is 0.0366 e. The van der Waals surface area contributed by atoms with Crippen LogP contribution in [0.25, 0.3) is 0 Å². The highest BCUT2D eigenvalue weighted by molar-refractivity contribution is 5.46. The van der Waals surface area contributed by atoms with Crippen LogP contribution in [0.15, 0.2) is 30.3 Å². The number of anilines is 1. The van der Waals surface area contributed by atoms with Crippen LogP contribution in [0.1, 0.15) is 26.2 Å². The van der Waals surface area contributed by atoms with Crippen molar-refractivity contribution in [3.63, 3.8) is 0 Å². The van der Waals surface area contributed by atoms with Gasteiger partial charge < -0.3 is 9.80 Å². The number of piperidine rings is 1. The third-order valence-corrected chi connectivity index (χ3v) is 4.86. The summed E-state index contributed by atoms with van der Waals surface area (Å²) in [6, 6.07) is 10.9. The van der Waals surface area contributed by atoms with Crippen molar-refractivity contribution in [2.24, 2.45) is 11.8 Å². The molecule has 0 amide bonds. The van der Waals surface area contributed by atoms with Crippen molar-refractivity contribution < 1.29 is 0 Å². The van der Waals surface area contributed by atoms with E-state index in [1.807, 2.05) is 0 Å². The largest absolute Gasteiger partial charge is 0.372 e. The third kappa shape index (κ3) is 3.11. The Hall–Kier alpha value is -1.02. The molecule has 104 valence electrons. The first-order valence-electron chi connectivity index (χ1n) is 7.87. The molecule has 2 aliphatic heterocycles. The Morgan fingerprint density at radius 1 is 1.00 bits per heavy atom. The summed E-state index contributed by atoms with van der Waals surface area (Å²) in [4.78, 5) is 5.21. The molecule has 1 aromatic carbocycles. The molecular weight excluding hydrogens is 232 g/mol. The lowest BCUT2D eigenvalue weighted by atomic mass is 9.91. The molecule has 0 N–H and O–H groups in total. The van der Waals surface area contributed by atoms with Crippen molar-refractivity contribution in [3.8, 4) is 0 Å². The van der Waals surface area contributed by atoms with Crippen molar-refractivity contribution in [1.82, 2.24) is 4.90 Å². The lowest BCUT2D eigenvalue weighted by Crippen LogP contribution is -2.49. The Kier molecular flexibility index (Phi) is 4.07. The van der Waals surface area contributed by atoms with Crippen LogP contribution in [-0.4, -0.2) is 37.6 Å². The molecule has 0 atom stereocenters. The quantitative estimate of drug-likeness (QED) is 0.818. The fourth-order valence-corrected chi connectivity index (χ4v) is 3.46. The minimum absolute atomic E-state index is 0.928. The predicted molar refractivity (Wildman–Crippen MR) is 81.6 cm³/mol. The van der Waals surface area contributed by atoms with Gasteiger partial charge in [-0.3, -0.25) is 0 Å². The van der Waals surface area contributed by atoms with E-state index in [0.717, 1.165) is 11.8 Å². The Labute approximate surface area is 117 Å². The summed E-state index contributed by atoms with van der Waals surface area (Å²) in [5, 5.41) is 0. The molecule has 2 heteroatoms. The molecule has 0 radical (unpaired) electrons. The Morgan fingerprint density at radius 3 is 2.32 bits per heavy atom. The molecule has 2 heterocycles. The van der Waals surface area contributed by atoms with Crippen molar-refractivity contribution in [2.45, 2.75) is 26.2 Å². The molecule has 2 aliphatic rings. The second-order valence-corrected chi connectivity index (χ2v) is 6.26. The maximum Gasteiger partial charge on any atom is 0.0366 e. The lowest BCUT2D eigenvalue weighted by molar-refractivity contribution is 0.0740. The molecule has 0 bridgehead atoms. The van der Waals surface area contributed by atoms with Crippen LogP contribution in [0.3, 0.4) is 0 Å². The number of benzene rings is 1. The van der Waals surface area contributed by atoms with Gasteiger partial charge in [0.15, 0.2) is 0 Å². The van der Waals surface area contributed by atoms with Crippen molar-refractivity contribution >= 4 is 5.69 Å². The Balaban J connectivity index is 1.43. The Bertz CT molecular complexity index is 376. The van der Waals surface area contributed by atoms with Gasteiger partial charge in [0.1, 0.15) is 0 Å². The molecule has 0 saturated carbocycles. The summed E-state index contributed by atoms with van der Waals surface area (Å²) >= 11 is 0. The van der Waals surface area contributed by atoms with Gasteiger partial charge >= 0.3 is 0 Å². The number of hydrogen-bond acceptors (Lipinski definition) is 2. The highest BCUT2D eigenvalue weighted by Crippen LogP contribution is 2.26. The number of para-hydroxylation sites is 1.